The van der Waals surface area contributed by atoms with Gasteiger partial charge in [0, 0.05) is 6.42 Å². The summed E-state index contributed by atoms with van der Waals surface area (Å²) in [6.45, 7) is 1.82. The molecule has 2 aliphatic heterocycles. The largest absolute Gasteiger partial charge is 0.272 e. The summed E-state index contributed by atoms with van der Waals surface area (Å²) in [6, 6.07) is 18.7. The van der Waals surface area contributed by atoms with Crippen molar-refractivity contribution in [3.05, 3.63) is 66.2 Å². The summed E-state index contributed by atoms with van der Waals surface area (Å²) in [4.78, 5) is 25.5. The van der Waals surface area contributed by atoms with E-state index in [9.17, 15) is 9.59 Å². The van der Waals surface area contributed by atoms with Gasteiger partial charge in [-0.2, -0.15) is 15.2 Å². The van der Waals surface area contributed by atoms with E-state index in [0.29, 0.717) is 23.5 Å². The van der Waals surface area contributed by atoms with Gasteiger partial charge < -0.3 is 0 Å². The highest BCUT2D eigenvalue weighted by Crippen LogP contribution is 2.35. The van der Waals surface area contributed by atoms with E-state index in [2.05, 4.69) is 10.2 Å². The molecule has 0 saturated heterocycles. The number of hydrogen-bond acceptors (Lipinski definition) is 4. The molecule has 4 rings (SSSR count). The number of hydrazone groups is 2. The Hall–Kier alpha value is -2.99. The van der Waals surface area contributed by atoms with Crippen LogP contribution in [0.1, 0.15) is 24.9 Å². The number of carbonyl (C=O) groups is 2. The molecular formula is C21H19ClN4O2. The van der Waals surface area contributed by atoms with Crippen LogP contribution in [0.25, 0.3) is 0 Å². The van der Waals surface area contributed by atoms with Crippen LogP contribution in [0.5, 0.6) is 0 Å². The second-order valence-electron chi connectivity index (χ2n) is 6.75. The van der Waals surface area contributed by atoms with Crippen molar-refractivity contribution in [3.8, 4) is 0 Å². The molecule has 2 aromatic rings. The zero-order valence-corrected chi connectivity index (χ0v) is 16.1. The monoisotopic (exact) mass is 394 g/mol. The van der Waals surface area contributed by atoms with Crippen molar-refractivity contribution in [2.75, 3.05) is 10.9 Å². The highest BCUT2D eigenvalue weighted by atomic mass is 35.5. The van der Waals surface area contributed by atoms with Gasteiger partial charge in [0.05, 0.1) is 23.2 Å². The Kier molecular flexibility index (Phi) is 4.96. The molecule has 2 unspecified atom stereocenters. The predicted octanol–water partition coefficient (Wildman–Crippen LogP) is 3.59. The summed E-state index contributed by atoms with van der Waals surface area (Å²) >= 11 is 5.79. The van der Waals surface area contributed by atoms with Gasteiger partial charge in [0.2, 0.25) is 0 Å². The van der Waals surface area contributed by atoms with Crippen LogP contribution in [0.15, 0.2) is 70.9 Å². The molecule has 0 aliphatic carbocycles. The maximum atomic E-state index is 13.1. The van der Waals surface area contributed by atoms with Gasteiger partial charge in [-0.3, -0.25) is 9.59 Å². The molecule has 2 aliphatic rings. The summed E-state index contributed by atoms with van der Waals surface area (Å²) in [6.07, 6.45) is 0.471. The second-order valence-corrected chi connectivity index (χ2v) is 7.02. The first-order valence-corrected chi connectivity index (χ1v) is 9.58. The van der Waals surface area contributed by atoms with E-state index < -0.39 is 5.92 Å². The first-order valence-electron chi connectivity index (χ1n) is 9.04. The lowest BCUT2D eigenvalue weighted by Crippen LogP contribution is -2.32. The first kappa shape index (κ1) is 18.4. The zero-order valence-electron chi connectivity index (χ0n) is 15.3. The van der Waals surface area contributed by atoms with E-state index in [1.165, 1.54) is 10.0 Å². The Labute approximate surface area is 168 Å². The zero-order chi connectivity index (χ0) is 19.7. The molecule has 2 heterocycles. The SMILES string of the molecule is CC1=NN(c2ccccc2)C(=O)C1C1=NN(C(=O)CCl)C(c2ccccc2)C1. The van der Waals surface area contributed by atoms with E-state index in [-0.39, 0.29) is 23.7 Å². The number of benzene rings is 2. The van der Waals surface area contributed by atoms with Gasteiger partial charge in [-0.25, -0.2) is 5.01 Å². The number of hydrogen-bond donors (Lipinski definition) is 0. The minimum Gasteiger partial charge on any atom is -0.272 e. The fraction of sp³-hybridized carbons (Fsp3) is 0.238. The molecule has 0 spiro atoms. The molecule has 7 heteroatoms. The molecule has 28 heavy (non-hydrogen) atoms. The topological polar surface area (TPSA) is 65.3 Å². The van der Waals surface area contributed by atoms with E-state index in [1.54, 1.807) is 0 Å². The number of amides is 2. The molecule has 0 bridgehead atoms. The molecule has 0 N–H and O–H groups in total. The van der Waals surface area contributed by atoms with Crippen LogP contribution in [0.3, 0.4) is 0 Å². The van der Waals surface area contributed by atoms with Gasteiger partial charge in [0.15, 0.2) is 0 Å². The molecule has 2 aromatic carbocycles. The van der Waals surface area contributed by atoms with E-state index in [4.69, 9.17) is 11.6 Å². The van der Waals surface area contributed by atoms with Gasteiger partial charge >= 0.3 is 0 Å². The van der Waals surface area contributed by atoms with Gasteiger partial charge in [0.25, 0.3) is 11.8 Å². The molecule has 6 nitrogen and oxygen atoms in total. The highest BCUT2D eigenvalue weighted by Gasteiger charge is 2.43. The molecular weight excluding hydrogens is 376 g/mol. The lowest BCUT2D eigenvalue weighted by molar-refractivity contribution is -0.130. The summed E-state index contributed by atoms with van der Waals surface area (Å²) in [5, 5.41) is 11.8. The number of para-hydroxylation sites is 1. The normalized spacial score (nSPS) is 21.7. The van der Waals surface area contributed by atoms with Gasteiger partial charge in [-0.15, -0.1) is 11.6 Å². The quantitative estimate of drug-likeness (QED) is 0.744. The maximum absolute atomic E-state index is 13.1. The molecule has 2 atom stereocenters. The van der Waals surface area contributed by atoms with Crippen LogP contribution < -0.4 is 5.01 Å². The molecule has 0 saturated carbocycles. The van der Waals surface area contributed by atoms with Crippen LogP contribution in [0.4, 0.5) is 5.69 Å². The lowest BCUT2D eigenvalue weighted by Gasteiger charge is -2.21. The Morgan fingerprint density at radius 1 is 1.07 bits per heavy atom. The maximum Gasteiger partial charge on any atom is 0.262 e. The van der Waals surface area contributed by atoms with E-state index >= 15 is 0 Å². The van der Waals surface area contributed by atoms with Gasteiger partial charge in [0.1, 0.15) is 11.8 Å². The molecule has 2 amide bonds. The Morgan fingerprint density at radius 2 is 1.71 bits per heavy atom. The summed E-state index contributed by atoms with van der Waals surface area (Å²) in [5.74, 6) is -1.18. The summed E-state index contributed by atoms with van der Waals surface area (Å²) in [5.41, 5.74) is 2.97. The number of nitrogens with zero attached hydrogens (tertiary/aromatic N) is 4. The van der Waals surface area contributed by atoms with E-state index in [1.807, 2.05) is 67.6 Å². The summed E-state index contributed by atoms with van der Waals surface area (Å²) in [7, 11) is 0. The van der Waals surface area contributed by atoms with Crippen LogP contribution in [-0.2, 0) is 9.59 Å². The van der Waals surface area contributed by atoms with Crippen molar-refractivity contribution in [2.45, 2.75) is 19.4 Å². The Balaban J connectivity index is 1.64. The highest BCUT2D eigenvalue weighted by molar-refractivity contribution is 6.29. The molecule has 0 aromatic heterocycles. The molecule has 0 radical (unpaired) electrons. The third kappa shape index (κ3) is 3.20. The van der Waals surface area contributed by atoms with Crippen molar-refractivity contribution in [3.63, 3.8) is 0 Å². The minimum absolute atomic E-state index is 0.158. The van der Waals surface area contributed by atoms with E-state index in [0.717, 1.165) is 5.56 Å². The van der Waals surface area contributed by atoms with Crippen LogP contribution in [0.2, 0.25) is 0 Å². The van der Waals surface area contributed by atoms with Crippen molar-refractivity contribution in [1.29, 1.82) is 0 Å². The van der Waals surface area contributed by atoms with Crippen molar-refractivity contribution < 1.29 is 9.59 Å². The van der Waals surface area contributed by atoms with Crippen LogP contribution >= 0.6 is 11.6 Å². The number of alkyl halides is 1. The standard InChI is InChI=1S/C21H19ClN4O2/c1-14-20(21(28)25(23-14)16-10-6-3-7-11-16)17-12-18(15-8-4-2-5-9-15)26(24-17)19(27)13-22/h2-11,18,20H,12-13H2,1H3. The fourth-order valence-electron chi connectivity index (χ4n) is 3.64. The van der Waals surface area contributed by atoms with Crippen molar-refractivity contribution >= 4 is 40.5 Å². The minimum atomic E-state index is -0.570. The first-order chi connectivity index (χ1) is 13.6. The van der Waals surface area contributed by atoms with Crippen molar-refractivity contribution in [2.24, 2.45) is 16.1 Å². The van der Waals surface area contributed by atoms with Crippen LogP contribution in [0, 0.1) is 5.92 Å². The van der Waals surface area contributed by atoms with Crippen LogP contribution in [-0.4, -0.2) is 34.1 Å². The second kappa shape index (κ2) is 7.56. The Bertz CT molecular complexity index is 959. The smallest absolute Gasteiger partial charge is 0.262 e. The average molecular weight is 395 g/mol. The third-order valence-corrected chi connectivity index (χ3v) is 5.18. The third-order valence-electron chi connectivity index (χ3n) is 4.95. The van der Waals surface area contributed by atoms with Crippen molar-refractivity contribution in [1.82, 2.24) is 5.01 Å². The lowest BCUT2D eigenvalue weighted by atomic mass is 9.92. The predicted molar refractivity (Wildman–Crippen MR) is 109 cm³/mol. The fourth-order valence-corrected chi connectivity index (χ4v) is 3.76. The number of carbonyl (C=O) groups excluding carboxylic acids is 2. The molecule has 142 valence electrons. The number of rotatable bonds is 4. The Morgan fingerprint density at radius 3 is 2.36 bits per heavy atom. The van der Waals surface area contributed by atoms with Gasteiger partial charge in [-0.1, -0.05) is 48.5 Å². The number of halogens is 1. The average Bonchev–Trinajstić information content (AvgIpc) is 3.29. The molecule has 0 fully saturated rings. The van der Waals surface area contributed by atoms with Gasteiger partial charge in [-0.05, 0) is 24.6 Å². The number of anilines is 1. The summed E-state index contributed by atoms with van der Waals surface area (Å²) < 4.78 is 0.